The highest BCUT2D eigenvalue weighted by atomic mass is 16.5. The van der Waals surface area contributed by atoms with Crippen molar-refractivity contribution in [2.24, 2.45) is 5.73 Å². The number of benzene rings is 1. The van der Waals surface area contributed by atoms with E-state index in [1.807, 2.05) is 6.92 Å². The normalized spacial score (nSPS) is 23.2. The maximum atomic E-state index is 6.11. The Kier molecular flexibility index (Phi) is 3.63. The monoisotopic (exact) mass is 262 g/mol. The van der Waals surface area contributed by atoms with Crippen LogP contribution < -0.4 is 10.6 Å². The van der Waals surface area contributed by atoms with E-state index < -0.39 is 0 Å². The lowest BCUT2D eigenvalue weighted by Gasteiger charge is -2.48. The molecule has 0 aromatic heterocycles. The highest BCUT2D eigenvalue weighted by Gasteiger charge is 2.38. The number of hydrogen-bond acceptors (Lipinski definition) is 3. The van der Waals surface area contributed by atoms with Crippen molar-refractivity contribution in [1.29, 1.82) is 0 Å². The number of rotatable bonds is 2. The van der Waals surface area contributed by atoms with Gasteiger partial charge in [0.15, 0.2) is 0 Å². The molecule has 0 spiro atoms. The van der Waals surface area contributed by atoms with E-state index in [9.17, 15) is 0 Å². The first kappa shape index (κ1) is 14.4. The largest absolute Gasteiger partial charge is 0.366 e. The molecule has 2 N–H and O–H groups in total. The number of anilines is 1. The van der Waals surface area contributed by atoms with Crippen LogP contribution in [0.3, 0.4) is 0 Å². The molecule has 1 aliphatic heterocycles. The zero-order valence-corrected chi connectivity index (χ0v) is 12.7. The Morgan fingerprint density at radius 1 is 1.05 bits per heavy atom. The van der Waals surface area contributed by atoms with Gasteiger partial charge in [0.25, 0.3) is 0 Å². The lowest BCUT2D eigenvalue weighted by atomic mass is 9.98. The van der Waals surface area contributed by atoms with Crippen LogP contribution in [-0.2, 0) is 4.74 Å². The summed E-state index contributed by atoms with van der Waals surface area (Å²) in [5, 5.41) is 0. The molecule has 0 radical (unpaired) electrons. The predicted octanol–water partition coefficient (Wildman–Crippen LogP) is 3.10. The van der Waals surface area contributed by atoms with Gasteiger partial charge in [-0.2, -0.15) is 0 Å². The van der Waals surface area contributed by atoms with Gasteiger partial charge in [-0.15, -0.1) is 0 Å². The van der Waals surface area contributed by atoms with Crippen LogP contribution in [0.4, 0.5) is 5.69 Å². The van der Waals surface area contributed by atoms with Crippen LogP contribution in [0.15, 0.2) is 24.3 Å². The quantitative estimate of drug-likeness (QED) is 0.890. The maximum absolute atomic E-state index is 6.11. The first-order chi connectivity index (χ1) is 8.69. The molecule has 0 unspecified atom stereocenters. The third kappa shape index (κ3) is 3.48. The van der Waals surface area contributed by atoms with Gasteiger partial charge < -0.3 is 15.4 Å². The molecule has 0 aliphatic carbocycles. The molecule has 0 bridgehead atoms. The van der Waals surface area contributed by atoms with Gasteiger partial charge in [0, 0.05) is 24.8 Å². The van der Waals surface area contributed by atoms with Crippen LogP contribution >= 0.6 is 0 Å². The van der Waals surface area contributed by atoms with E-state index in [2.05, 4.69) is 56.9 Å². The fourth-order valence-corrected chi connectivity index (χ4v) is 2.96. The molecule has 3 heteroatoms. The SMILES string of the molecule is C[C@H](N)c1ccc(N2CC(C)(C)OC(C)(C)C2)cc1. The van der Waals surface area contributed by atoms with Crippen molar-refractivity contribution in [2.75, 3.05) is 18.0 Å². The number of nitrogens with two attached hydrogens (primary N) is 1. The van der Waals surface area contributed by atoms with Gasteiger partial charge in [-0.3, -0.25) is 0 Å². The molecule has 0 amide bonds. The van der Waals surface area contributed by atoms with Crippen LogP contribution in [-0.4, -0.2) is 24.3 Å². The third-order valence-corrected chi connectivity index (χ3v) is 3.48. The lowest BCUT2D eigenvalue weighted by molar-refractivity contribution is -0.133. The Bertz CT molecular complexity index is 419. The molecular weight excluding hydrogens is 236 g/mol. The second kappa shape index (κ2) is 4.80. The molecular formula is C16H26N2O. The van der Waals surface area contributed by atoms with Gasteiger partial charge in [0.2, 0.25) is 0 Å². The summed E-state index contributed by atoms with van der Waals surface area (Å²) in [5.41, 5.74) is 8.07. The Labute approximate surface area is 116 Å². The Hall–Kier alpha value is -1.06. The standard InChI is InChI=1S/C16H26N2O/c1-12(17)13-6-8-14(9-7-13)18-10-15(2,3)19-16(4,5)11-18/h6-9,12H,10-11,17H2,1-5H3/t12-/m0/s1. The Balaban J connectivity index is 2.21. The second-order valence-electron chi connectivity index (χ2n) is 6.86. The van der Waals surface area contributed by atoms with Gasteiger partial charge in [-0.05, 0) is 52.3 Å². The Morgan fingerprint density at radius 2 is 1.53 bits per heavy atom. The number of hydrogen-bond donors (Lipinski definition) is 1. The first-order valence-electron chi connectivity index (χ1n) is 6.99. The van der Waals surface area contributed by atoms with Gasteiger partial charge in [0.1, 0.15) is 0 Å². The fourth-order valence-electron chi connectivity index (χ4n) is 2.96. The molecule has 2 rings (SSSR count). The van der Waals surface area contributed by atoms with Crippen molar-refractivity contribution < 1.29 is 4.74 Å². The number of nitrogens with zero attached hydrogens (tertiary/aromatic N) is 1. The molecule has 3 nitrogen and oxygen atoms in total. The second-order valence-corrected chi connectivity index (χ2v) is 6.86. The van der Waals surface area contributed by atoms with Gasteiger partial charge in [-0.25, -0.2) is 0 Å². The van der Waals surface area contributed by atoms with Crippen molar-refractivity contribution in [3.63, 3.8) is 0 Å². The highest BCUT2D eigenvalue weighted by Crippen LogP contribution is 2.31. The summed E-state index contributed by atoms with van der Waals surface area (Å²) in [6, 6.07) is 8.66. The minimum Gasteiger partial charge on any atom is -0.366 e. The summed E-state index contributed by atoms with van der Waals surface area (Å²) in [6.07, 6.45) is 0. The van der Waals surface area contributed by atoms with Gasteiger partial charge >= 0.3 is 0 Å². The minimum atomic E-state index is -0.123. The summed E-state index contributed by atoms with van der Waals surface area (Å²) in [7, 11) is 0. The van der Waals surface area contributed by atoms with E-state index in [-0.39, 0.29) is 17.2 Å². The van der Waals surface area contributed by atoms with Crippen LogP contribution in [0.2, 0.25) is 0 Å². The molecule has 1 heterocycles. The van der Waals surface area contributed by atoms with Crippen molar-refractivity contribution in [3.8, 4) is 0 Å². The maximum Gasteiger partial charge on any atom is 0.0808 e. The average Bonchev–Trinajstić information content (AvgIpc) is 2.25. The van der Waals surface area contributed by atoms with E-state index in [1.165, 1.54) is 11.3 Å². The predicted molar refractivity (Wildman–Crippen MR) is 80.5 cm³/mol. The average molecular weight is 262 g/mol. The van der Waals surface area contributed by atoms with E-state index in [1.54, 1.807) is 0 Å². The molecule has 19 heavy (non-hydrogen) atoms. The van der Waals surface area contributed by atoms with Crippen LogP contribution in [0.1, 0.15) is 46.2 Å². The number of ether oxygens (including phenoxy) is 1. The van der Waals surface area contributed by atoms with Crippen LogP contribution in [0.5, 0.6) is 0 Å². The summed E-state index contributed by atoms with van der Waals surface area (Å²) >= 11 is 0. The molecule has 1 aromatic rings. The van der Waals surface area contributed by atoms with Crippen molar-refractivity contribution >= 4 is 5.69 Å². The molecule has 106 valence electrons. The molecule has 1 aliphatic rings. The lowest BCUT2D eigenvalue weighted by Crippen LogP contribution is -2.57. The zero-order chi connectivity index (χ0) is 14.3. The van der Waals surface area contributed by atoms with Gasteiger partial charge in [-0.1, -0.05) is 12.1 Å². The van der Waals surface area contributed by atoms with E-state index >= 15 is 0 Å². The summed E-state index contributed by atoms with van der Waals surface area (Å²) in [4.78, 5) is 2.40. The van der Waals surface area contributed by atoms with E-state index in [4.69, 9.17) is 10.5 Å². The van der Waals surface area contributed by atoms with Gasteiger partial charge in [0.05, 0.1) is 11.2 Å². The minimum absolute atomic E-state index is 0.0895. The highest BCUT2D eigenvalue weighted by molar-refractivity contribution is 5.49. The number of morpholine rings is 1. The van der Waals surface area contributed by atoms with E-state index in [0.29, 0.717) is 0 Å². The molecule has 1 fully saturated rings. The zero-order valence-electron chi connectivity index (χ0n) is 12.7. The van der Waals surface area contributed by atoms with Crippen molar-refractivity contribution in [2.45, 2.75) is 51.9 Å². The molecule has 1 aromatic carbocycles. The topological polar surface area (TPSA) is 38.5 Å². The van der Waals surface area contributed by atoms with Crippen molar-refractivity contribution in [3.05, 3.63) is 29.8 Å². The first-order valence-corrected chi connectivity index (χ1v) is 6.99. The molecule has 1 atom stereocenters. The van der Waals surface area contributed by atoms with Crippen LogP contribution in [0, 0.1) is 0 Å². The third-order valence-electron chi connectivity index (χ3n) is 3.48. The van der Waals surface area contributed by atoms with E-state index in [0.717, 1.165) is 13.1 Å². The van der Waals surface area contributed by atoms with Crippen LogP contribution in [0.25, 0.3) is 0 Å². The Morgan fingerprint density at radius 3 is 1.95 bits per heavy atom. The summed E-state index contributed by atoms with van der Waals surface area (Å²) < 4.78 is 6.11. The molecule has 1 saturated heterocycles. The van der Waals surface area contributed by atoms with Crippen molar-refractivity contribution in [1.82, 2.24) is 0 Å². The fraction of sp³-hybridized carbons (Fsp3) is 0.625. The summed E-state index contributed by atoms with van der Waals surface area (Å²) in [5.74, 6) is 0. The molecule has 0 saturated carbocycles. The smallest absolute Gasteiger partial charge is 0.0808 e. The summed E-state index contributed by atoms with van der Waals surface area (Å²) in [6.45, 7) is 12.4.